The maximum Gasteiger partial charge on any atom is 0.573 e. The zero-order valence-corrected chi connectivity index (χ0v) is 11.6. The molecule has 0 saturated carbocycles. The molecule has 0 fully saturated rings. The van der Waals surface area contributed by atoms with Gasteiger partial charge in [-0.25, -0.2) is 4.98 Å². The predicted octanol–water partition coefficient (Wildman–Crippen LogP) is 4.23. The number of alkyl halides is 3. The van der Waals surface area contributed by atoms with E-state index in [4.69, 9.17) is 0 Å². The number of ether oxygens (including phenoxy) is 1. The SMILES string of the molecule is CN(c1ccc(OC(F)(F)F)cc1)c1c[nH]c2ncccc12. The first-order chi connectivity index (χ1) is 10.4. The Morgan fingerprint density at radius 2 is 1.86 bits per heavy atom. The molecule has 1 N–H and O–H groups in total. The van der Waals surface area contributed by atoms with Crippen LogP contribution in [0.15, 0.2) is 48.8 Å². The Kier molecular flexibility index (Phi) is 3.40. The highest BCUT2D eigenvalue weighted by molar-refractivity contribution is 5.92. The average Bonchev–Trinajstić information content (AvgIpc) is 2.89. The molecule has 0 atom stereocenters. The lowest BCUT2D eigenvalue weighted by Crippen LogP contribution is -2.17. The van der Waals surface area contributed by atoms with E-state index in [9.17, 15) is 13.2 Å². The van der Waals surface area contributed by atoms with E-state index < -0.39 is 6.36 Å². The van der Waals surface area contributed by atoms with Gasteiger partial charge in [0, 0.05) is 30.5 Å². The minimum Gasteiger partial charge on any atom is -0.406 e. The highest BCUT2D eigenvalue weighted by Crippen LogP contribution is 2.31. The number of halogens is 3. The van der Waals surface area contributed by atoms with Crippen molar-refractivity contribution < 1.29 is 17.9 Å². The second kappa shape index (κ2) is 5.25. The monoisotopic (exact) mass is 307 g/mol. The lowest BCUT2D eigenvalue weighted by atomic mass is 10.2. The minimum absolute atomic E-state index is 0.245. The summed E-state index contributed by atoms with van der Waals surface area (Å²) in [5, 5.41) is 0.931. The molecule has 2 heterocycles. The van der Waals surface area contributed by atoms with E-state index in [-0.39, 0.29) is 5.75 Å². The van der Waals surface area contributed by atoms with Gasteiger partial charge >= 0.3 is 6.36 Å². The highest BCUT2D eigenvalue weighted by atomic mass is 19.4. The number of fused-ring (bicyclic) bond motifs is 1. The first-order valence-electron chi connectivity index (χ1n) is 6.46. The number of nitrogens with one attached hydrogen (secondary N) is 1. The summed E-state index contributed by atoms with van der Waals surface area (Å²) in [6.45, 7) is 0. The Balaban J connectivity index is 1.87. The fourth-order valence-electron chi connectivity index (χ4n) is 2.23. The molecule has 0 aliphatic rings. The smallest absolute Gasteiger partial charge is 0.406 e. The van der Waals surface area contributed by atoms with E-state index >= 15 is 0 Å². The van der Waals surface area contributed by atoms with Crippen LogP contribution in [0, 0.1) is 0 Å². The van der Waals surface area contributed by atoms with Gasteiger partial charge in [-0.1, -0.05) is 0 Å². The number of pyridine rings is 1. The van der Waals surface area contributed by atoms with Crippen LogP contribution >= 0.6 is 0 Å². The summed E-state index contributed by atoms with van der Waals surface area (Å²) in [7, 11) is 1.83. The summed E-state index contributed by atoms with van der Waals surface area (Å²) in [6, 6.07) is 9.45. The number of hydrogen-bond acceptors (Lipinski definition) is 3. The number of rotatable bonds is 3. The first-order valence-corrected chi connectivity index (χ1v) is 6.46. The highest BCUT2D eigenvalue weighted by Gasteiger charge is 2.31. The number of benzene rings is 1. The Morgan fingerprint density at radius 3 is 2.55 bits per heavy atom. The van der Waals surface area contributed by atoms with E-state index in [2.05, 4.69) is 14.7 Å². The lowest BCUT2D eigenvalue weighted by Gasteiger charge is -2.19. The number of nitrogens with zero attached hydrogens (tertiary/aromatic N) is 2. The van der Waals surface area contributed by atoms with Gasteiger partial charge in [0.2, 0.25) is 0 Å². The molecule has 0 aliphatic carbocycles. The molecule has 1 aromatic carbocycles. The zero-order valence-electron chi connectivity index (χ0n) is 11.6. The van der Waals surface area contributed by atoms with Crippen molar-refractivity contribution in [2.24, 2.45) is 0 Å². The fraction of sp³-hybridized carbons (Fsp3) is 0.133. The van der Waals surface area contributed by atoms with Gasteiger partial charge < -0.3 is 14.6 Å². The third-order valence-electron chi connectivity index (χ3n) is 3.25. The van der Waals surface area contributed by atoms with Crippen LogP contribution in [0.4, 0.5) is 24.5 Å². The van der Waals surface area contributed by atoms with Gasteiger partial charge in [0.25, 0.3) is 0 Å². The van der Waals surface area contributed by atoms with Gasteiger partial charge in [-0.05, 0) is 36.4 Å². The van der Waals surface area contributed by atoms with Crippen LogP contribution in [-0.2, 0) is 0 Å². The molecule has 22 heavy (non-hydrogen) atoms. The molecule has 0 spiro atoms. The van der Waals surface area contributed by atoms with Crippen LogP contribution in [0.3, 0.4) is 0 Å². The van der Waals surface area contributed by atoms with E-state index in [1.54, 1.807) is 24.5 Å². The molecule has 3 aromatic rings. The maximum atomic E-state index is 12.2. The van der Waals surface area contributed by atoms with Gasteiger partial charge in [0.15, 0.2) is 0 Å². The van der Waals surface area contributed by atoms with Crippen molar-refractivity contribution in [3.05, 3.63) is 48.8 Å². The molecule has 2 aromatic heterocycles. The molecule has 0 amide bonds. The number of hydrogen-bond donors (Lipinski definition) is 1. The topological polar surface area (TPSA) is 41.1 Å². The molecule has 3 rings (SSSR count). The number of anilines is 2. The van der Waals surface area contributed by atoms with Crippen molar-refractivity contribution in [3.8, 4) is 5.75 Å². The molecule has 0 bridgehead atoms. The fourth-order valence-corrected chi connectivity index (χ4v) is 2.23. The molecule has 4 nitrogen and oxygen atoms in total. The van der Waals surface area contributed by atoms with Crippen LogP contribution in [0.1, 0.15) is 0 Å². The van der Waals surface area contributed by atoms with Crippen molar-refractivity contribution in [2.75, 3.05) is 11.9 Å². The van der Waals surface area contributed by atoms with Gasteiger partial charge in [0.1, 0.15) is 11.4 Å². The van der Waals surface area contributed by atoms with E-state index in [0.717, 1.165) is 22.4 Å². The maximum absolute atomic E-state index is 12.2. The summed E-state index contributed by atoms with van der Waals surface area (Å²) < 4.78 is 40.3. The largest absolute Gasteiger partial charge is 0.573 e. The summed E-state index contributed by atoms with van der Waals surface area (Å²) >= 11 is 0. The zero-order chi connectivity index (χ0) is 15.7. The summed E-state index contributed by atoms with van der Waals surface area (Å²) in [5.41, 5.74) is 2.37. The number of aromatic amines is 1. The van der Waals surface area contributed by atoms with Crippen molar-refractivity contribution in [3.63, 3.8) is 0 Å². The average molecular weight is 307 g/mol. The van der Waals surface area contributed by atoms with Crippen LogP contribution in [0.2, 0.25) is 0 Å². The molecule has 7 heteroatoms. The van der Waals surface area contributed by atoms with Gasteiger partial charge in [-0.3, -0.25) is 0 Å². The first kappa shape index (κ1) is 14.2. The van der Waals surface area contributed by atoms with E-state index in [0.29, 0.717) is 0 Å². The predicted molar refractivity (Wildman–Crippen MR) is 77.3 cm³/mol. The molecule has 114 valence electrons. The van der Waals surface area contributed by atoms with Crippen LogP contribution in [0.25, 0.3) is 11.0 Å². The second-order valence-electron chi connectivity index (χ2n) is 4.67. The van der Waals surface area contributed by atoms with Crippen LogP contribution in [0.5, 0.6) is 5.75 Å². The van der Waals surface area contributed by atoms with Crippen LogP contribution < -0.4 is 9.64 Å². The molecule has 0 radical (unpaired) electrons. The second-order valence-corrected chi connectivity index (χ2v) is 4.67. The summed E-state index contributed by atoms with van der Waals surface area (Å²) in [6.07, 6.45) is -1.19. The Bertz CT molecular complexity index is 781. The summed E-state index contributed by atoms with van der Waals surface area (Å²) in [4.78, 5) is 9.12. The Morgan fingerprint density at radius 1 is 1.14 bits per heavy atom. The number of H-pyrrole nitrogens is 1. The van der Waals surface area contributed by atoms with Gasteiger partial charge in [-0.15, -0.1) is 13.2 Å². The van der Waals surface area contributed by atoms with E-state index in [1.165, 1.54) is 12.1 Å². The minimum atomic E-state index is -4.68. The molecule has 0 unspecified atom stereocenters. The lowest BCUT2D eigenvalue weighted by molar-refractivity contribution is -0.274. The normalized spacial score (nSPS) is 11.6. The van der Waals surface area contributed by atoms with Crippen molar-refractivity contribution in [1.29, 1.82) is 0 Å². The number of aromatic nitrogens is 2. The Hall–Kier alpha value is -2.70. The third kappa shape index (κ3) is 2.83. The Labute approximate surface area is 124 Å². The van der Waals surface area contributed by atoms with E-state index in [1.807, 2.05) is 24.1 Å². The van der Waals surface area contributed by atoms with Crippen LogP contribution in [-0.4, -0.2) is 23.4 Å². The van der Waals surface area contributed by atoms with Crippen molar-refractivity contribution >= 4 is 22.4 Å². The quantitative estimate of drug-likeness (QED) is 0.787. The van der Waals surface area contributed by atoms with Crippen molar-refractivity contribution in [2.45, 2.75) is 6.36 Å². The van der Waals surface area contributed by atoms with Gasteiger partial charge in [-0.2, -0.15) is 0 Å². The van der Waals surface area contributed by atoms with Crippen molar-refractivity contribution in [1.82, 2.24) is 9.97 Å². The summed E-state index contributed by atoms with van der Waals surface area (Å²) in [5.74, 6) is -0.245. The van der Waals surface area contributed by atoms with Gasteiger partial charge in [0.05, 0.1) is 5.69 Å². The third-order valence-corrected chi connectivity index (χ3v) is 3.25. The molecule has 0 saturated heterocycles. The molecular formula is C15H12F3N3O. The molecular weight excluding hydrogens is 295 g/mol. The standard InChI is InChI=1S/C15H12F3N3O/c1-21(13-9-20-14-12(13)3-2-8-19-14)10-4-6-11(7-5-10)22-15(16,17)18/h2-9H,1H3,(H,19,20). The molecule has 0 aliphatic heterocycles.